The first-order valence-electron chi connectivity index (χ1n) is 15.5. The minimum absolute atomic E-state index is 0.0630. The topological polar surface area (TPSA) is 79.3 Å². The first-order valence-corrected chi connectivity index (χ1v) is 15.5. The van der Waals surface area contributed by atoms with Crippen molar-refractivity contribution in [2.24, 2.45) is 0 Å². The second kappa shape index (κ2) is 14.7. The van der Waals surface area contributed by atoms with Gasteiger partial charge < -0.3 is 24.4 Å². The van der Waals surface area contributed by atoms with E-state index < -0.39 is 17.7 Å². The molecule has 7 heteroatoms. The standard InChI is InChI=1S/C38H40N2O5/c1-4-39(5-2)23-10-24-40-35(30-11-9-14-33(25-30)45-32-12-7-6-8-13-32)34(37(42)38(40)43)36(41)29-19-21-31(22-20-29)44-26-28-17-15-27(3)16-18-28/h6-9,11-22,25,35,41H,4-5,10,23-24,26H2,1-3H3/b36-34+. The summed E-state index contributed by atoms with van der Waals surface area (Å²) in [4.78, 5) is 30.9. The summed E-state index contributed by atoms with van der Waals surface area (Å²) in [6.07, 6.45) is 0.693. The second-order valence-electron chi connectivity index (χ2n) is 11.2. The van der Waals surface area contributed by atoms with E-state index in [9.17, 15) is 14.7 Å². The number of amides is 1. The molecule has 232 valence electrons. The number of hydrogen-bond acceptors (Lipinski definition) is 6. The van der Waals surface area contributed by atoms with Crippen LogP contribution in [0.5, 0.6) is 17.2 Å². The van der Waals surface area contributed by atoms with Crippen molar-refractivity contribution in [2.45, 2.75) is 39.8 Å². The Morgan fingerprint density at radius 2 is 1.51 bits per heavy atom. The lowest BCUT2D eigenvalue weighted by Gasteiger charge is -2.27. The number of hydrogen-bond donors (Lipinski definition) is 1. The van der Waals surface area contributed by atoms with Gasteiger partial charge in [-0.1, -0.05) is 74.0 Å². The number of nitrogens with zero attached hydrogens (tertiary/aromatic N) is 2. The fourth-order valence-electron chi connectivity index (χ4n) is 5.55. The lowest BCUT2D eigenvalue weighted by molar-refractivity contribution is -0.140. The van der Waals surface area contributed by atoms with Gasteiger partial charge in [-0.15, -0.1) is 0 Å². The summed E-state index contributed by atoms with van der Waals surface area (Å²) in [6, 6.07) is 31.1. The number of aliphatic hydroxyl groups is 1. The van der Waals surface area contributed by atoms with Gasteiger partial charge in [0.05, 0.1) is 11.6 Å². The molecule has 0 spiro atoms. The Morgan fingerprint density at radius 3 is 2.20 bits per heavy atom. The highest BCUT2D eigenvalue weighted by Gasteiger charge is 2.46. The Balaban J connectivity index is 1.44. The van der Waals surface area contributed by atoms with Crippen LogP contribution in [0, 0.1) is 6.92 Å². The Labute approximate surface area is 265 Å². The molecule has 1 amide bonds. The van der Waals surface area contributed by atoms with Crippen LogP contribution in [-0.2, 0) is 16.2 Å². The van der Waals surface area contributed by atoms with Crippen molar-refractivity contribution in [3.05, 3.63) is 131 Å². The molecule has 4 aromatic rings. The van der Waals surface area contributed by atoms with Crippen LogP contribution in [0.25, 0.3) is 5.76 Å². The molecule has 1 aliphatic rings. The minimum Gasteiger partial charge on any atom is -0.507 e. The number of carbonyl (C=O) groups excluding carboxylic acids is 2. The third kappa shape index (κ3) is 7.62. The number of benzene rings is 4. The molecule has 1 atom stereocenters. The molecule has 4 aromatic carbocycles. The summed E-state index contributed by atoms with van der Waals surface area (Å²) >= 11 is 0. The van der Waals surface area contributed by atoms with Crippen molar-refractivity contribution in [2.75, 3.05) is 26.2 Å². The number of likely N-dealkylation sites (tertiary alicyclic amines) is 1. The molecule has 1 saturated heterocycles. The highest BCUT2D eigenvalue weighted by atomic mass is 16.5. The number of aryl methyl sites for hydroxylation is 1. The summed E-state index contributed by atoms with van der Waals surface area (Å²) < 4.78 is 12.0. The molecule has 0 aliphatic carbocycles. The average Bonchev–Trinajstić information content (AvgIpc) is 3.32. The molecule has 0 saturated carbocycles. The summed E-state index contributed by atoms with van der Waals surface area (Å²) in [5.41, 5.74) is 3.41. The number of ether oxygens (including phenoxy) is 2. The number of ketones is 1. The fourth-order valence-corrected chi connectivity index (χ4v) is 5.55. The van der Waals surface area contributed by atoms with E-state index in [1.165, 1.54) is 5.56 Å². The molecule has 0 aromatic heterocycles. The van der Waals surface area contributed by atoms with Crippen LogP contribution in [0.4, 0.5) is 0 Å². The van der Waals surface area contributed by atoms with Crippen molar-refractivity contribution in [3.63, 3.8) is 0 Å². The number of carbonyl (C=O) groups is 2. The Kier molecular flexibility index (Phi) is 10.3. The fraction of sp³-hybridized carbons (Fsp3) is 0.263. The van der Waals surface area contributed by atoms with Crippen molar-refractivity contribution in [1.29, 1.82) is 0 Å². The quantitative estimate of drug-likeness (QED) is 0.0966. The van der Waals surface area contributed by atoms with E-state index in [-0.39, 0.29) is 11.3 Å². The summed E-state index contributed by atoms with van der Waals surface area (Å²) in [7, 11) is 0. The van der Waals surface area contributed by atoms with E-state index in [0.717, 1.165) is 25.2 Å². The highest BCUT2D eigenvalue weighted by Crippen LogP contribution is 2.41. The first-order chi connectivity index (χ1) is 21.9. The van der Waals surface area contributed by atoms with Gasteiger partial charge in [-0.05, 0) is 92.6 Å². The average molecular weight is 605 g/mol. The molecule has 5 rings (SSSR count). The molecule has 1 fully saturated rings. The molecule has 1 aliphatic heterocycles. The monoisotopic (exact) mass is 604 g/mol. The third-order valence-corrected chi connectivity index (χ3v) is 8.11. The molecule has 7 nitrogen and oxygen atoms in total. The molecule has 45 heavy (non-hydrogen) atoms. The molecule has 0 radical (unpaired) electrons. The first kappa shape index (κ1) is 31.5. The third-order valence-electron chi connectivity index (χ3n) is 8.11. The van der Waals surface area contributed by atoms with Gasteiger partial charge in [-0.2, -0.15) is 0 Å². The smallest absolute Gasteiger partial charge is 0.295 e. The van der Waals surface area contributed by atoms with Gasteiger partial charge in [0.2, 0.25) is 0 Å². The maximum atomic E-state index is 13.6. The van der Waals surface area contributed by atoms with Crippen LogP contribution in [0.2, 0.25) is 0 Å². The van der Waals surface area contributed by atoms with E-state index >= 15 is 0 Å². The zero-order valence-electron chi connectivity index (χ0n) is 26.1. The van der Waals surface area contributed by atoms with Crippen LogP contribution < -0.4 is 9.47 Å². The number of Topliss-reactive ketones (excluding diaryl/α,β-unsaturated/α-hetero) is 1. The summed E-state index contributed by atoms with van der Waals surface area (Å²) in [6.45, 7) is 9.64. The summed E-state index contributed by atoms with van der Waals surface area (Å²) in [5.74, 6) is 0.341. The largest absolute Gasteiger partial charge is 0.507 e. The van der Waals surface area contributed by atoms with E-state index in [1.807, 2.05) is 85.8 Å². The molecule has 0 bridgehead atoms. The number of aliphatic hydroxyl groups excluding tert-OH is 1. The lowest BCUT2D eigenvalue weighted by Crippen LogP contribution is -2.33. The van der Waals surface area contributed by atoms with Gasteiger partial charge in [-0.3, -0.25) is 9.59 Å². The van der Waals surface area contributed by atoms with E-state index in [2.05, 4.69) is 18.7 Å². The van der Waals surface area contributed by atoms with Crippen LogP contribution in [0.1, 0.15) is 48.6 Å². The second-order valence-corrected chi connectivity index (χ2v) is 11.2. The summed E-state index contributed by atoms with van der Waals surface area (Å²) in [5, 5.41) is 11.6. The number of rotatable bonds is 13. The zero-order chi connectivity index (χ0) is 31.8. The predicted octanol–water partition coefficient (Wildman–Crippen LogP) is 7.52. The van der Waals surface area contributed by atoms with E-state index in [1.54, 1.807) is 29.2 Å². The Morgan fingerprint density at radius 1 is 0.822 bits per heavy atom. The highest BCUT2D eigenvalue weighted by molar-refractivity contribution is 6.46. The SMILES string of the molecule is CCN(CC)CCCN1C(=O)C(=O)/C(=C(/O)c2ccc(OCc3ccc(C)cc3)cc2)C1c1cccc(Oc2ccccc2)c1. The van der Waals surface area contributed by atoms with E-state index in [4.69, 9.17) is 9.47 Å². The van der Waals surface area contributed by atoms with Gasteiger partial charge in [0, 0.05) is 12.1 Å². The minimum atomic E-state index is -0.765. The lowest BCUT2D eigenvalue weighted by atomic mass is 9.95. The Hall–Kier alpha value is -4.88. The van der Waals surface area contributed by atoms with Crippen LogP contribution in [0.3, 0.4) is 0 Å². The van der Waals surface area contributed by atoms with Crippen molar-refractivity contribution in [3.8, 4) is 17.2 Å². The Bertz CT molecular complexity index is 1630. The molecule has 1 heterocycles. The normalized spacial score (nSPS) is 15.9. The van der Waals surface area contributed by atoms with Gasteiger partial charge in [0.25, 0.3) is 11.7 Å². The van der Waals surface area contributed by atoms with Crippen molar-refractivity contribution >= 4 is 17.4 Å². The van der Waals surface area contributed by atoms with Crippen LogP contribution in [0.15, 0.2) is 109 Å². The van der Waals surface area contributed by atoms with Gasteiger partial charge >= 0.3 is 0 Å². The van der Waals surface area contributed by atoms with Crippen LogP contribution in [-0.4, -0.2) is 52.8 Å². The maximum Gasteiger partial charge on any atom is 0.295 e. The van der Waals surface area contributed by atoms with Crippen molar-refractivity contribution < 1.29 is 24.2 Å². The maximum absolute atomic E-state index is 13.6. The molecular formula is C38H40N2O5. The molecule has 1 unspecified atom stereocenters. The van der Waals surface area contributed by atoms with Crippen molar-refractivity contribution in [1.82, 2.24) is 9.80 Å². The molecule has 1 N–H and O–H groups in total. The number of para-hydroxylation sites is 1. The van der Waals surface area contributed by atoms with Crippen LogP contribution >= 0.6 is 0 Å². The molecular weight excluding hydrogens is 564 g/mol. The van der Waals surface area contributed by atoms with Gasteiger partial charge in [-0.25, -0.2) is 0 Å². The van der Waals surface area contributed by atoms with E-state index in [0.29, 0.717) is 47.9 Å². The predicted molar refractivity (Wildman–Crippen MR) is 176 cm³/mol. The van der Waals surface area contributed by atoms with Gasteiger partial charge in [0.15, 0.2) is 0 Å². The van der Waals surface area contributed by atoms with Gasteiger partial charge in [0.1, 0.15) is 29.6 Å². The zero-order valence-corrected chi connectivity index (χ0v) is 26.1.